The van der Waals surface area contributed by atoms with E-state index in [0.29, 0.717) is 27.4 Å². The number of amides is 1. The summed E-state index contributed by atoms with van der Waals surface area (Å²) in [6, 6.07) is 3.49. The van der Waals surface area contributed by atoms with E-state index in [1.54, 1.807) is 32.3 Å². The molecule has 0 aliphatic heterocycles. The van der Waals surface area contributed by atoms with Crippen molar-refractivity contribution < 1.29 is 4.79 Å². The van der Waals surface area contributed by atoms with E-state index in [4.69, 9.17) is 5.73 Å². The van der Waals surface area contributed by atoms with Crippen LogP contribution in [0.5, 0.6) is 0 Å². The van der Waals surface area contributed by atoms with Crippen LogP contribution in [0.15, 0.2) is 22.8 Å². The van der Waals surface area contributed by atoms with Gasteiger partial charge in [0.15, 0.2) is 5.82 Å². The van der Waals surface area contributed by atoms with Crippen LogP contribution in [-0.2, 0) is 7.05 Å². The smallest absolute Gasteiger partial charge is 0.276 e. The number of carbonyl (C=O) groups is 1. The number of aromatic nitrogens is 3. The monoisotopic (exact) mass is 309 g/mol. The molecule has 2 aromatic rings. The highest BCUT2D eigenvalue weighted by Gasteiger charge is 2.16. The molecule has 94 valence electrons. The van der Waals surface area contributed by atoms with Crippen LogP contribution < -0.4 is 11.1 Å². The summed E-state index contributed by atoms with van der Waals surface area (Å²) in [5, 5.41) is 6.83. The minimum atomic E-state index is -0.336. The number of nitrogen functional groups attached to an aromatic ring is 1. The Morgan fingerprint density at radius 2 is 2.28 bits per heavy atom. The maximum absolute atomic E-state index is 12.0. The van der Waals surface area contributed by atoms with Gasteiger partial charge in [-0.25, -0.2) is 4.98 Å². The number of hydrogen-bond donors (Lipinski definition) is 2. The Hall–Kier alpha value is -1.89. The summed E-state index contributed by atoms with van der Waals surface area (Å²) >= 11 is 3.28. The van der Waals surface area contributed by atoms with Crippen LogP contribution in [0.1, 0.15) is 16.2 Å². The zero-order chi connectivity index (χ0) is 13.3. The molecular formula is C11H12BrN5O. The summed E-state index contributed by atoms with van der Waals surface area (Å²) in [4.78, 5) is 16.1. The molecule has 0 radical (unpaired) electrons. The quantitative estimate of drug-likeness (QED) is 0.884. The maximum Gasteiger partial charge on any atom is 0.276 e. The van der Waals surface area contributed by atoms with Gasteiger partial charge in [0, 0.05) is 17.7 Å². The zero-order valence-electron chi connectivity index (χ0n) is 9.94. The lowest BCUT2D eigenvalue weighted by Gasteiger charge is -2.06. The molecule has 18 heavy (non-hydrogen) atoms. The lowest BCUT2D eigenvalue weighted by atomic mass is 10.3. The predicted molar refractivity (Wildman–Crippen MR) is 72.2 cm³/mol. The lowest BCUT2D eigenvalue weighted by molar-refractivity contribution is 0.102. The third-order valence-electron chi connectivity index (χ3n) is 2.47. The van der Waals surface area contributed by atoms with Crippen LogP contribution in [0.3, 0.4) is 0 Å². The molecule has 7 heteroatoms. The van der Waals surface area contributed by atoms with Crippen molar-refractivity contribution in [3.05, 3.63) is 34.2 Å². The van der Waals surface area contributed by atoms with E-state index in [1.165, 1.54) is 4.68 Å². The summed E-state index contributed by atoms with van der Waals surface area (Å²) in [5.74, 6) is 0.132. The van der Waals surface area contributed by atoms with Crippen molar-refractivity contribution in [3.8, 4) is 0 Å². The second-order valence-corrected chi connectivity index (χ2v) is 4.61. The predicted octanol–water partition coefficient (Wildman–Crippen LogP) is 1.72. The van der Waals surface area contributed by atoms with Gasteiger partial charge in [-0.15, -0.1) is 0 Å². The van der Waals surface area contributed by atoms with Gasteiger partial charge in [-0.05, 0) is 35.0 Å². The second kappa shape index (κ2) is 4.77. The molecule has 0 aliphatic rings. The van der Waals surface area contributed by atoms with Gasteiger partial charge < -0.3 is 11.1 Å². The molecule has 2 rings (SSSR count). The molecule has 2 heterocycles. The van der Waals surface area contributed by atoms with Gasteiger partial charge in [0.05, 0.1) is 11.4 Å². The highest BCUT2D eigenvalue weighted by molar-refractivity contribution is 9.10. The van der Waals surface area contributed by atoms with Crippen molar-refractivity contribution in [2.24, 2.45) is 7.05 Å². The van der Waals surface area contributed by atoms with E-state index in [9.17, 15) is 4.79 Å². The van der Waals surface area contributed by atoms with Crippen LogP contribution >= 0.6 is 15.9 Å². The van der Waals surface area contributed by atoms with Gasteiger partial charge in [-0.3, -0.25) is 9.48 Å². The number of nitrogens with two attached hydrogens (primary N) is 1. The number of rotatable bonds is 2. The number of nitrogens with one attached hydrogen (secondary N) is 1. The first-order valence-electron chi connectivity index (χ1n) is 5.21. The fourth-order valence-electron chi connectivity index (χ4n) is 1.54. The molecule has 0 aliphatic carbocycles. The van der Waals surface area contributed by atoms with Gasteiger partial charge in [0.1, 0.15) is 5.69 Å². The van der Waals surface area contributed by atoms with Crippen molar-refractivity contribution in [2.45, 2.75) is 6.92 Å². The maximum atomic E-state index is 12.0. The largest absolute Gasteiger partial charge is 0.394 e. The number of pyridine rings is 1. The average molecular weight is 310 g/mol. The van der Waals surface area contributed by atoms with Gasteiger partial charge in [-0.1, -0.05) is 0 Å². The second-order valence-electron chi connectivity index (χ2n) is 3.76. The Kier molecular flexibility index (Phi) is 3.33. The van der Waals surface area contributed by atoms with Crippen molar-refractivity contribution in [3.63, 3.8) is 0 Å². The highest BCUT2D eigenvalue weighted by atomic mass is 79.9. The third kappa shape index (κ3) is 2.21. The van der Waals surface area contributed by atoms with Crippen molar-refractivity contribution in [1.82, 2.24) is 14.8 Å². The molecule has 0 aromatic carbocycles. The first-order chi connectivity index (χ1) is 8.50. The topological polar surface area (TPSA) is 85.8 Å². The minimum absolute atomic E-state index is 0.302. The summed E-state index contributed by atoms with van der Waals surface area (Å²) in [6.07, 6.45) is 1.55. The van der Waals surface area contributed by atoms with E-state index in [0.717, 1.165) is 0 Å². The molecule has 3 N–H and O–H groups in total. The third-order valence-corrected chi connectivity index (χ3v) is 3.11. The molecule has 2 aromatic heterocycles. The van der Waals surface area contributed by atoms with E-state index >= 15 is 0 Å². The molecule has 1 amide bonds. The van der Waals surface area contributed by atoms with Crippen LogP contribution in [0.4, 0.5) is 11.5 Å². The molecular weight excluding hydrogens is 298 g/mol. The molecule has 0 bridgehead atoms. The molecule has 0 saturated heterocycles. The van der Waals surface area contributed by atoms with Crippen molar-refractivity contribution in [1.29, 1.82) is 0 Å². The molecule has 0 atom stereocenters. The van der Waals surface area contributed by atoms with E-state index in [-0.39, 0.29) is 5.91 Å². The highest BCUT2D eigenvalue weighted by Crippen LogP contribution is 2.22. The Morgan fingerprint density at radius 1 is 1.56 bits per heavy atom. The van der Waals surface area contributed by atoms with Crippen molar-refractivity contribution in [2.75, 3.05) is 11.1 Å². The van der Waals surface area contributed by atoms with E-state index < -0.39 is 0 Å². The Balaban J connectivity index is 2.30. The molecule has 0 spiro atoms. The standard InChI is InChI=1S/C11H12BrN5O/c1-6-8(13)10(17(2)16-6)15-11(18)9-7(12)4-3-5-14-9/h3-5H,13H2,1-2H3,(H,15,18). The summed E-state index contributed by atoms with van der Waals surface area (Å²) in [7, 11) is 1.71. The molecule has 0 fully saturated rings. The van der Waals surface area contributed by atoms with Crippen molar-refractivity contribution >= 4 is 33.3 Å². The van der Waals surface area contributed by atoms with Crippen LogP contribution in [0, 0.1) is 6.92 Å². The average Bonchev–Trinajstić information content (AvgIpc) is 2.56. The van der Waals surface area contributed by atoms with Gasteiger partial charge in [0.25, 0.3) is 5.91 Å². The minimum Gasteiger partial charge on any atom is -0.394 e. The first kappa shape index (κ1) is 12.6. The van der Waals surface area contributed by atoms with Crippen LogP contribution in [0.25, 0.3) is 0 Å². The van der Waals surface area contributed by atoms with E-state index in [1.807, 2.05) is 0 Å². The van der Waals surface area contributed by atoms with Gasteiger partial charge in [-0.2, -0.15) is 5.10 Å². The van der Waals surface area contributed by atoms with E-state index in [2.05, 4.69) is 31.3 Å². The Labute approximate surface area is 112 Å². The fourth-order valence-corrected chi connectivity index (χ4v) is 1.98. The SMILES string of the molecule is Cc1nn(C)c(NC(=O)c2ncccc2Br)c1N. The van der Waals surface area contributed by atoms with Crippen LogP contribution in [0.2, 0.25) is 0 Å². The summed E-state index contributed by atoms with van der Waals surface area (Å²) < 4.78 is 2.15. The summed E-state index contributed by atoms with van der Waals surface area (Å²) in [5.41, 5.74) is 7.27. The Bertz CT molecular complexity index is 607. The number of hydrogen-bond acceptors (Lipinski definition) is 4. The lowest BCUT2D eigenvalue weighted by Crippen LogP contribution is -2.17. The molecule has 0 saturated carbocycles. The zero-order valence-corrected chi connectivity index (χ0v) is 11.5. The van der Waals surface area contributed by atoms with Gasteiger partial charge in [0.2, 0.25) is 0 Å². The van der Waals surface area contributed by atoms with Crippen LogP contribution in [-0.4, -0.2) is 20.7 Å². The van der Waals surface area contributed by atoms with Gasteiger partial charge >= 0.3 is 0 Å². The number of anilines is 2. The summed E-state index contributed by atoms with van der Waals surface area (Å²) in [6.45, 7) is 1.78. The number of carbonyl (C=O) groups excluding carboxylic acids is 1. The first-order valence-corrected chi connectivity index (χ1v) is 6.01. The molecule has 0 unspecified atom stereocenters. The normalized spacial score (nSPS) is 10.4. The number of halogens is 1. The molecule has 6 nitrogen and oxygen atoms in total. The fraction of sp³-hybridized carbons (Fsp3) is 0.182. The number of aryl methyl sites for hydroxylation is 2. The number of nitrogens with zero attached hydrogens (tertiary/aromatic N) is 3. The Morgan fingerprint density at radius 3 is 2.83 bits per heavy atom.